The second-order valence-corrected chi connectivity index (χ2v) is 7.77. The number of carbonyl (C=O) groups is 3. The molecule has 8 heteroatoms. The molecule has 1 saturated heterocycles. The summed E-state index contributed by atoms with van der Waals surface area (Å²) in [5.41, 5.74) is 0.495. The molecule has 1 fully saturated rings. The first kappa shape index (κ1) is 21.0. The van der Waals surface area contributed by atoms with Crippen LogP contribution in [0.25, 0.3) is 0 Å². The smallest absolute Gasteiger partial charge is 0.309 e. The number of likely N-dealkylation sites (N-methyl/N-ethyl adjacent to an activating group) is 1. The van der Waals surface area contributed by atoms with Crippen LogP contribution in [-0.2, 0) is 14.3 Å². The van der Waals surface area contributed by atoms with Crippen molar-refractivity contribution in [1.29, 1.82) is 0 Å². The number of likely N-dealkylation sites (tertiary alicyclic amines) is 1. The quantitative estimate of drug-likeness (QED) is 0.468. The van der Waals surface area contributed by atoms with Crippen LogP contribution in [0.2, 0.25) is 5.02 Å². The highest BCUT2D eigenvalue weighted by Crippen LogP contribution is 2.21. The molecule has 0 bridgehead atoms. The lowest BCUT2D eigenvalue weighted by Gasteiger charge is -2.32. The van der Waals surface area contributed by atoms with Gasteiger partial charge in [0.1, 0.15) is 0 Å². The van der Waals surface area contributed by atoms with Gasteiger partial charge in [0.25, 0.3) is 5.91 Å². The minimum atomic E-state index is -0.227. The first-order valence-corrected chi connectivity index (χ1v) is 9.94. The number of piperidine rings is 1. The van der Waals surface area contributed by atoms with Crippen LogP contribution in [-0.4, -0.2) is 60.9 Å². The van der Waals surface area contributed by atoms with Crippen LogP contribution in [0.4, 0.5) is 0 Å². The Morgan fingerprint density at radius 2 is 1.96 bits per heavy atom. The van der Waals surface area contributed by atoms with E-state index in [4.69, 9.17) is 16.3 Å². The molecule has 6 nitrogen and oxygen atoms in total. The number of esters is 1. The van der Waals surface area contributed by atoms with Crippen LogP contribution in [0.3, 0.4) is 0 Å². The van der Waals surface area contributed by atoms with Gasteiger partial charge < -0.3 is 14.5 Å². The van der Waals surface area contributed by atoms with Gasteiger partial charge >= 0.3 is 5.97 Å². The summed E-state index contributed by atoms with van der Waals surface area (Å²) in [4.78, 5) is 39.8. The first-order chi connectivity index (χ1) is 12.3. The van der Waals surface area contributed by atoms with Gasteiger partial charge in [0, 0.05) is 29.3 Å². The summed E-state index contributed by atoms with van der Waals surface area (Å²) in [5.74, 6) is -0.681. The highest BCUT2D eigenvalue weighted by Gasteiger charge is 2.29. The van der Waals surface area contributed by atoms with Gasteiger partial charge in [-0.2, -0.15) is 0 Å². The van der Waals surface area contributed by atoms with E-state index >= 15 is 0 Å². The van der Waals surface area contributed by atoms with Crippen molar-refractivity contribution in [2.45, 2.75) is 19.8 Å². The fourth-order valence-corrected chi connectivity index (χ4v) is 3.48. The maximum Gasteiger partial charge on any atom is 0.309 e. The number of rotatable bonds is 5. The third kappa shape index (κ3) is 5.33. The van der Waals surface area contributed by atoms with E-state index in [1.54, 1.807) is 37.1 Å². The van der Waals surface area contributed by atoms with Crippen LogP contribution in [0, 0.1) is 9.49 Å². The molecule has 0 atom stereocenters. The number of hydrogen-bond donors (Lipinski definition) is 0. The van der Waals surface area contributed by atoms with Crippen molar-refractivity contribution in [3.05, 3.63) is 32.4 Å². The molecule has 1 aromatic carbocycles. The molecule has 142 valence electrons. The van der Waals surface area contributed by atoms with Crippen molar-refractivity contribution in [3.63, 3.8) is 0 Å². The monoisotopic (exact) mass is 492 g/mol. The number of ether oxygens (including phenoxy) is 1. The Morgan fingerprint density at radius 1 is 1.31 bits per heavy atom. The largest absolute Gasteiger partial charge is 0.466 e. The molecule has 2 rings (SSSR count). The number of benzene rings is 1. The maximum absolute atomic E-state index is 12.5. The summed E-state index contributed by atoms with van der Waals surface area (Å²) in [6.45, 7) is 3.16. The van der Waals surface area contributed by atoms with E-state index in [0.717, 1.165) is 3.57 Å². The minimum Gasteiger partial charge on any atom is -0.466 e. The molecular weight excluding hydrogens is 471 g/mol. The number of hydrogen-bond acceptors (Lipinski definition) is 4. The fourth-order valence-electron chi connectivity index (χ4n) is 2.85. The predicted octanol–water partition coefficient (Wildman–Crippen LogP) is 2.82. The third-order valence-electron chi connectivity index (χ3n) is 4.35. The van der Waals surface area contributed by atoms with Gasteiger partial charge in [-0.25, -0.2) is 0 Å². The average Bonchev–Trinajstić information content (AvgIpc) is 2.63. The third-order valence-corrected chi connectivity index (χ3v) is 5.89. The lowest BCUT2D eigenvalue weighted by atomic mass is 9.97. The van der Waals surface area contributed by atoms with Crippen molar-refractivity contribution < 1.29 is 19.1 Å². The first-order valence-electron chi connectivity index (χ1n) is 8.48. The molecule has 0 unspecified atom stereocenters. The second-order valence-electron chi connectivity index (χ2n) is 6.20. The van der Waals surface area contributed by atoms with Crippen LogP contribution < -0.4 is 0 Å². The molecule has 0 spiro atoms. The molecule has 0 aliphatic carbocycles. The zero-order valence-corrected chi connectivity index (χ0v) is 17.7. The van der Waals surface area contributed by atoms with Crippen LogP contribution in [0.15, 0.2) is 18.2 Å². The Kier molecular flexibility index (Phi) is 7.69. The highest BCUT2D eigenvalue weighted by molar-refractivity contribution is 14.1. The molecule has 26 heavy (non-hydrogen) atoms. The second kappa shape index (κ2) is 9.55. The van der Waals surface area contributed by atoms with Gasteiger partial charge in [0.05, 0.1) is 24.1 Å². The van der Waals surface area contributed by atoms with E-state index in [1.807, 2.05) is 0 Å². The van der Waals surface area contributed by atoms with E-state index in [1.165, 1.54) is 4.90 Å². The summed E-state index contributed by atoms with van der Waals surface area (Å²) >= 11 is 8.04. The Labute approximate surface area is 171 Å². The number of carbonyl (C=O) groups excluding carboxylic acids is 3. The normalized spacial score (nSPS) is 14.8. The SMILES string of the molecule is CCOC(=O)C1CCN(C(=O)CN(C)C(=O)c2ccc(Cl)c(I)c2)CC1. The minimum absolute atomic E-state index is 0.00210. The Morgan fingerprint density at radius 3 is 2.54 bits per heavy atom. The molecule has 0 saturated carbocycles. The molecular formula is C18H22ClIN2O4. The summed E-state index contributed by atoms with van der Waals surface area (Å²) in [6, 6.07) is 5.03. The van der Waals surface area contributed by atoms with Gasteiger partial charge in [-0.1, -0.05) is 11.6 Å². The van der Waals surface area contributed by atoms with Crippen molar-refractivity contribution in [3.8, 4) is 0 Å². The highest BCUT2D eigenvalue weighted by atomic mass is 127. The van der Waals surface area contributed by atoms with E-state index in [2.05, 4.69) is 22.6 Å². The van der Waals surface area contributed by atoms with Gasteiger partial charge in [-0.05, 0) is 60.6 Å². The van der Waals surface area contributed by atoms with E-state index in [-0.39, 0.29) is 30.2 Å². The summed E-state index contributed by atoms with van der Waals surface area (Å²) in [5, 5.41) is 0.588. The predicted molar refractivity (Wildman–Crippen MR) is 107 cm³/mol. The zero-order chi connectivity index (χ0) is 19.3. The lowest BCUT2D eigenvalue weighted by molar-refractivity contribution is -0.151. The van der Waals surface area contributed by atoms with Crippen molar-refractivity contribution in [2.24, 2.45) is 5.92 Å². The maximum atomic E-state index is 12.5. The zero-order valence-electron chi connectivity index (χ0n) is 14.8. The van der Waals surface area contributed by atoms with E-state index in [9.17, 15) is 14.4 Å². The van der Waals surface area contributed by atoms with E-state index < -0.39 is 0 Å². The van der Waals surface area contributed by atoms with Crippen LogP contribution >= 0.6 is 34.2 Å². The molecule has 1 aliphatic heterocycles. The molecule has 1 heterocycles. The van der Waals surface area contributed by atoms with Crippen molar-refractivity contribution >= 4 is 52.0 Å². The van der Waals surface area contributed by atoms with E-state index in [0.29, 0.717) is 43.1 Å². The van der Waals surface area contributed by atoms with Gasteiger partial charge in [0.2, 0.25) is 5.91 Å². The number of amides is 2. The Bertz CT molecular complexity index is 690. The molecule has 1 aliphatic rings. The molecule has 1 aromatic rings. The van der Waals surface area contributed by atoms with Crippen molar-refractivity contribution in [2.75, 3.05) is 33.3 Å². The van der Waals surface area contributed by atoms with Gasteiger partial charge in [0.15, 0.2) is 0 Å². The average molecular weight is 493 g/mol. The van der Waals surface area contributed by atoms with Gasteiger partial charge in [-0.3, -0.25) is 14.4 Å². The molecule has 2 amide bonds. The number of nitrogens with zero attached hydrogens (tertiary/aromatic N) is 2. The van der Waals surface area contributed by atoms with Crippen molar-refractivity contribution in [1.82, 2.24) is 9.80 Å². The molecule has 0 radical (unpaired) electrons. The topological polar surface area (TPSA) is 66.9 Å². The van der Waals surface area contributed by atoms with Crippen LogP contribution in [0.1, 0.15) is 30.1 Å². The number of halogens is 2. The standard InChI is InChI=1S/C18H22ClIN2O4/c1-3-26-18(25)12-6-8-22(9-7-12)16(23)11-21(2)17(24)13-4-5-14(19)15(20)10-13/h4-5,10,12H,3,6-9,11H2,1-2H3. The lowest BCUT2D eigenvalue weighted by Crippen LogP contribution is -2.45. The fraction of sp³-hybridized carbons (Fsp3) is 0.500. The Balaban J connectivity index is 1.88. The summed E-state index contributed by atoms with van der Waals surface area (Å²) in [7, 11) is 1.60. The van der Waals surface area contributed by atoms with Gasteiger partial charge in [-0.15, -0.1) is 0 Å². The molecule has 0 N–H and O–H groups in total. The Hall–Kier alpha value is -1.35. The summed E-state index contributed by atoms with van der Waals surface area (Å²) < 4.78 is 5.82. The van der Waals surface area contributed by atoms with Crippen LogP contribution in [0.5, 0.6) is 0 Å². The summed E-state index contributed by atoms with van der Waals surface area (Å²) in [6.07, 6.45) is 1.19. The molecule has 0 aromatic heterocycles.